The molecule has 0 spiro atoms. The molecule has 2 heterocycles. The van der Waals surface area contributed by atoms with Crippen LogP contribution in [-0.2, 0) is 11.2 Å². The minimum absolute atomic E-state index is 0.276. The highest BCUT2D eigenvalue weighted by Gasteiger charge is 2.30. The van der Waals surface area contributed by atoms with Crippen LogP contribution < -0.4 is 0 Å². The summed E-state index contributed by atoms with van der Waals surface area (Å²) in [4.78, 5) is 4.33. The Bertz CT molecular complexity index is 612. The topological polar surface area (TPSA) is 68.4 Å². The van der Waals surface area contributed by atoms with Gasteiger partial charge in [0.1, 0.15) is 0 Å². The molecular weight excluding hydrogens is 315 g/mol. The van der Waals surface area contributed by atoms with Gasteiger partial charge in [0.2, 0.25) is 5.89 Å². The van der Waals surface area contributed by atoms with Gasteiger partial charge in [-0.2, -0.15) is 4.98 Å². The summed E-state index contributed by atoms with van der Waals surface area (Å²) in [7, 11) is 0. The summed E-state index contributed by atoms with van der Waals surface area (Å²) < 4.78 is 10.6. The van der Waals surface area contributed by atoms with Crippen molar-refractivity contribution >= 4 is 23.2 Å². The van der Waals surface area contributed by atoms with Gasteiger partial charge in [0.25, 0.3) is 0 Å². The molecule has 2 aromatic rings. The lowest BCUT2D eigenvalue weighted by molar-refractivity contribution is -0.0149. The minimum Gasteiger partial charge on any atom is -0.392 e. The van der Waals surface area contributed by atoms with Crippen LogP contribution in [0, 0.1) is 0 Å². The maximum Gasteiger partial charge on any atom is 0.234 e. The normalized spacial score (nSPS) is 22.4. The van der Waals surface area contributed by atoms with E-state index in [2.05, 4.69) is 10.1 Å². The molecule has 1 N–H and O–H groups in total. The second-order valence-electron chi connectivity index (χ2n) is 4.96. The molecule has 3 rings (SSSR count). The van der Waals surface area contributed by atoms with Crippen molar-refractivity contribution in [2.45, 2.75) is 24.9 Å². The average Bonchev–Trinajstić information content (AvgIpc) is 2.92. The number of aliphatic hydroxyl groups excluding tert-OH is 1. The summed E-state index contributed by atoms with van der Waals surface area (Å²) in [6.45, 7) is 0.934. The van der Waals surface area contributed by atoms with E-state index in [4.69, 9.17) is 32.5 Å². The number of hydrogen-bond acceptors (Lipinski definition) is 5. The van der Waals surface area contributed by atoms with E-state index in [1.165, 1.54) is 0 Å². The lowest BCUT2D eigenvalue weighted by Gasteiger charge is -2.24. The molecule has 1 fully saturated rings. The minimum atomic E-state index is -0.518. The second kappa shape index (κ2) is 6.32. The molecule has 0 bridgehead atoms. The first-order valence-electron chi connectivity index (χ1n) is 6.66. The number of hydrogen-bond donors (Lipinski definition) is 1. The van der Waals surface area contributed by atoms with Crippen LogP contribution in [0.2, 0.25) is 10.0 Å². The van der Waals surface area contributed by atoms with Crippen LogP contribution in [0.25, 0.3) is 0 Å². The number of aliphatic hydroxyl groups is 1. The van der Waals surface area contributed by atoms with Gasteiger partial charge in [0, 0.05) is 23.1 Å². The molecule has 2 unspecified atom stereocenters. The maximum absolute atomic E-state index is 9.96. The number of rotatable bonds is 3. The first-order valence-corrected chi connectivity index (χ1v) is 7.42. The van der Waals surface area contributed by atoms with Crippen LogP contribution in [0.1, 0.15) is 29.6 Å². The smallest absolute Gasteiger partial charge is 0.234 e. The summed E-state index contributed by atoms with van der Waals surface area (Å²) in [6.07, 6.45) is 0.431. The monoisotopic (exact) mass is 328 g/mol. The molecule has 0 aliphatic carbocycles. The quantitative estimate of drug-likeness (QED) is 0.938. The van der Waals surface area contributed by atoms with Gasteiger partial charge in [0.05, 0.1) is 18.6 Å². The van der Waals surface area contributed by atoms with Gasteiger partial charge in [0.15, 0.2) is 5.82 Å². The molecule has 5 nitrogen and oxygen atoms in total. The van der Waals surface area contributed by atoms with Gasteiger partial charge in [-0.15, -0.1) is 0 Å². The van der Waals surface area contributed by atoms with Crippen molar-refractivity contribution < 1.29 is 14.4 Å². The zero-order valence-electron chi connectivity index (χ0n) is 11.1. The van der Waals surface area contributed by atoms with Crippen LogP contribution in [0.15, 0.2) is 22.7 Å². The summed E-state index contributed by atoms with van der Waals surface area (Å²) in [5.41, 5.74) is 0.758. The molecule has 0 amide bonds. The SMILES string of the molecule is OC1CCOCC1c1nc(Cc2c(Cl)cccc2Cl)no1. The predicted molar refractivity (Wildman–Crippen MR) is 77.7 cm³/mol. The van der Waals surface area contributed by atoms with Gasteiger partial charge in [-0.25, -0.2) is 0 Å². The fraction of sp³-hybridized carbons (Fsp3) is 0.429. The Balaban J connectivity index is 1.79. The van der Waals surface area contributed by atoms with Crippen LogP contribution >= 0.6 is 23.2 Å². The van der Waals surface area contributed by atoms with Gasteiger partial charge in [-0.1, -0.05) is 34.4 Å². The molecular formula is C14H14Cl2N2O3. The largest absolute Gasteiger partial charge is 0.392 e. The maximum atomic E-state index is 9.96. The van der Waals surface area contributed by atoms with Crippen molar-refractivity contribution in [3.05, 3.63) is 45.5 Å². The molecule has 1 saturated heterocycles. The van der Waals surface area contributed by atoms with E-state index in [1.54, 1.807) is 18.2 Å². The Morgan fingerprint density at radius 1 is 1.29 bits per heavy atom. The summed E-state index contributed by atoms with van der Waals surface area (Å²) in [6, 6.07) is 5.32. The molecule has 0 radical (unpaired) electrons. The number of aromatic nitrogens is 2. The van der Waals surface area contributed by atoms with E-state index in [0.29, 0.717) is 47.8 Å². The van der Waals surface area contributed by atoms with E-state index in [1.807, 2.05) is 0 Å². The zero-order chi connectivity index (χ0) is 14.8. The standard InChI is InChI=1S/C14H14Cl2N2O3/c15-10-2-1-3-11(16)8(10)6-13-17-14(21-18-13)9-7-20-5-4-12(9)19/h1-3,9,12,19H,4-7H2. The van der Waals surface area contributed by atoms with Crippen molar-refractivity contribution in [2.24, 2.45) is 0 Å². The van der Waals surface area contributed by atoms with Crippen molar-refractivity contribution in [3.63, 3.8) is 0 Å². The molecule has 7 heteroatoms. The number of ether oxygens (including phenoxy) is 1. The fourth-order valence-corrected chi connectivity index (χ4v) is 2.84. The third kappa shape index (κ3) is 3.21. The van der Waals surface area contributed by atoms with Gasteiger partial charge < -0.3 is 14.4 Å². The molecule has 1 aromatic carbocycles. The Morgan fingerprint density at radius 3 is 2.76 bits per heavy atom. The number of nitrogens with zero attached hydrogens (tertiary/aromatic N) is 2. The van der Waals surface area contributed by atoms with E-state index in [-0.39, 0.29) is 5.92 Å². The van der Waals surface area contributed by atoms with E-state index < -0.39 is 6.10 Å². The summed E-state index contributed by atoms with van der Waals surface area (Å²) in [5, 5.41) is 15.0. The molecule has 2 atom stereocenters. The van der Waals surface area contributed by atoms with Crippen molar-refractivity contribution in [2.75, 3.05) is 13.2 Å². The highest BCUT2D eigenvalue weighted by atomic mass is 35.5. The number of benzene rings is 1. The first-order chi connectivity index (χ1) is 10.1. The molecule has 112 valence electrons. The number of halogens is 2. The molecule has 21 heavy (non-hydrogen) atoms. The molecule has 1 aromatic heterocycles. The van der Waals surface area contributed by atoms with E-state index in [0.717, 1.165) is 5.56 Å². The van der Waals surface area contributed by atoms with Crippen LogP contribution in [-0.4, -0.2) is 34.6 Å². The highest BCUT2D eigenvalue weighted by Crippen LogP contribution is 2.28. The van der Waals surface area contributed by atoms with Gasteiger partial charge >= 0.3 is 0 Å². The molecule has 0 saturated carbocycles. The van der Waals surface area contributed by atoms with Gasteiger partial charge in [-0.3, -0.25) is 0 Å². The van der Waals surface area contributed by atoms with Crippen LogP contribution in [0.3, 0.4) is 0 Å². The summed E-state index contributed by atoms with van der Waals surface area (Å²) in [5.74, 6) is 0.597. The van der Waals surface area contributed by atoms with Crippen LogP contribution in [0.5, 0.6) is 0 Å². The van der Waals surface area contributed by atoms with Crippen molar-refractivity contribution in [1.82, 2.24) is 10.1 Å². The third-order valence-electron chi connectivity index (χ3n) is 3.52. The van der Waals surface area contributed by atoms with E-state index in [9.17, 15) is 5.11 Å². The van der Waals surface area contributed by atoms with Crippen molar-refractivity contribution in [3.8, 4) is 0 Å². The average molecular weight is 329 g/mol. The second-order valence-corrected chi connectivity index (χ2v) is 5.78. The fourth-order valence-electron chi connectivity index (χ4n) is 2.31. The van der Waals surface area contributed by atoms with Crippen LogP contribution in [0.4, 0.5) is 0 Å². The Morgan fingerprint density at radius 2 is 2.05 bits per heavy atom. The summed E-state index contributed by atoms with van der Waals surface area (Å²) >= 11 is 12.3. The third-order valence-corrected chi connectivity index (χ3v) is 4.23. The Kier molecular flexibility index (Phi) is 4.45. The van der Waals surface area contributed by atoms with Crippen molar-refractivity contribution in [1.29, 1.82) is 0 Å². The highest BCUT2D eigenvalue weighted by molar-refractivity contribution is 6.36. The molecule has 1 aliphatic rings. The van der Waals surface area contributed by atoms with E-state index >= 15 is 0 Å². The first kappa shape index (κ1) is 14.8. The molecule has 1 aliphatic heterocycles. The van der Waals surface area contributed by atoms with Gasteiger partial charge in [-0.05, 0) is 24.1 Å². The lowest BCUT2D eigenvalue weighted by Crippen LogP contribution is -2.30. The Labute approximate surface area is 131 Å². The zero-order valence-corrected chi connectivity index (χ0v) is 12.6. The predicted octanol–water partition coefficient (Wildman–Crippen LogP) is 2.83. The lowest BCUT2D eigenvalue weighted by atomic mass is 9.99. The Hall–Kier alpha value is -1.14.